The molecule has 7 aromatic carbocycles. The Kier molecular flexibility index (Phi) is 10.7. The van der Waals surface area contributed by atoms with Crippen LogP contribution in [0.4, 0.5) is 5.82 Å². The summed E-state index contributed by atoms with van der Waals surface area (Å²) in [6.07, 6.45) is -1.77. The first kappa shape index (κ1) is 40.2. The second-order valence-corrected chi connectivity index (χ2v) is 19.5. The molecule has 0 unspecified atom stereocenters. The summed E-state index contributed by atoms with van der Waals surface area (Å²) in [6.45, 7) is 0.0397. The molecule has 1 amide bonds. The summed E-state index contributed by atoms with van der Waals surface area (Å²) >= 11 is 0. The molecule has 0 saturated carbocycles. The molecule has 312 valence electrons. The number of nitrogens with one attached hydrogen (secondary N) is 1. The van der Waals surface area contributed by atoms with E-state index in [1.807, 2.05) is 115 Å². The first-order valence-electron chi connectivity index (χ1n) is 21.0. The number of rotatable bonds is 12. The van der Waals surface area contributed by atoms with Crippen LogP contribution in [0.15, 0.2) is 229 Å². The zero-order chi connectivity index (χ0) is 42.7. The predicted molar refractivity (Wildman–Crippen MR) is 247 cm³/mol. The summed E-state index contributed by atoms with van der Waals surface area (Å²) in [6, 6.07) is 71.2. The number of benzene rings is 7. The first-order chi connectivity index (χ1) is 31.0. The zero-order valence-corrected chi connectivity index (χ0v) is 35.1. The van der Waals surface area contributed by atoms with Gasteiger partial charge in [-0.25, -0.2) is 0 Å². The predicted octanol–water partition coefficient (Wildman–Crippen LogP) is 8.55. The van der Waals surface area contributed by atoms with Crippen molar-refractivity contribution < 1.29 is 23.3 Å². The molecule has 0 spiro atoms. The molecule has 10 rings (SSSR count). The average molecular weight is 850 g/mol. The summed E-state index contributed by atoms with van der Waals surface area (Å²) in [5.41, 5.74) is 1.54. The fourth-order valence-corrected chi connectivity index (χ4v) is 14.4. The van der Waals surface area contributed by atoms with Gasteiger partial charge in [-0.15, -0.1) is 0 Å². The Morgan fingerprint density at radius 3 is 1.43 bits per heavy atom. The molecule has 0 radical (unpaired) electrons. The number of aromatic nitrogens is 2. The van der Waals surface area contributed by atoms with Gasteiger partial charge in [0.2, 0.25) is 0 Å². The van der Waals surface area contributed by atoms with Gasteiger partial charge in [-0.3, -0.25) is 0 Å². The van der Waals surface area contributed by atoms with Crippen LogP contribution in [0.5, 0.6) is 0 Å². The Morgan fingerprint density at radius 2 is 0.984 bits per heavy atom. The van der Waals surface area contributed by atoms with Crippen molar-refractivity contribution in [3.05, 3.63) is 257 Å². The number of fused-ring (bicyclic) bond motifs is 1. The SMILES string of the molecule is O=C(Nc1ccn([C@@H]2O[C@H](COC(c3ccccc3)(c3ccccc3)c3ccccc3)[C@H]3OP(c4ccccc4)(c4ccccc4)(c4ccccc4)O[C@H]32)c(=O)n1)c1ccccc1. The van der Waals surface area contributed by atoms with E-state index in [1.54, 1.807) is 36.5 Å². The van der Waals surface area contributed by atoms with Crippen LogP contribution in [0.3, 0.4) is 0 Å². The van der Waals surface area contributed by atoms with Crippen LogP contribution in [-0.2, 0) is 24.1 Å². The number of amides is 1. The van der Waals surface area contributed by atoms with E-state index in [2.05, 4.69) is 83.1 Å². The topological polar surface area (TPSA) is 101 Å². The van der Waals surface area contributed by atoms with Gasteiger partial charge in [0.25, 0.3) is 0 Å². The van der Waals surface area contributed by atoms with Crippen LogP contribution in [0.1, 0.15) is 33.3 Å². The standard InChI is InChI=1S/C53H44N3O6P/c57-50(39-22-8-1-9-23-39)54-47-36-37-56(52(58)55-47)51-49-48(61-63(62-49,43-30-16-5-17-31-43,44-32-18-6-19-33-44)45-34-20-7-21-35-45)46(60-51)38-59-53(40-24-10-2-11-25-40,41-26-12-3-13-27-41)42-28-14-4-15-29-42/h1-37,46,48-49,51H,38H2,(H,54,55,57,58)/t46-,48-,49-,51-/m1/s1. The van der Waals surface area contributed by atoms with Crippen molar-refractivity contribution in [3.63, 3.8) is 0 Å². The third-order valence-corrected chi connectivity index (χ3v) is 17.0. The number of nitrogens with zero attached hydrogens (tertiary/aromatic N) is 2. The quantitative estimate of drug-likeness (QED) is 0.0972. The maximum atomic E-state index is 14.3. The van der Waals surface area contributed by atoms with Crippen molar-refractivity contribution in [1.82, 2.24) is 9.55 Å². The van der Waals surface area contributed by atoms with E-state index in [4.69, 9.17) is 18.5 Å². The Labute approximate surface area is 365 Å². The normalized spacial score (nSPS) is 20.5. The van der Waals surface area contributed by atoms with Crippen molar-refractivity contribution >= 4 is 34.7 Å². The van der Waals surface area contributed by atoms with Crippen molar-refractivity contribution in [2.24, 2.45) is 0 Å². The first-order valence-corrected chi connectivity index (χ1v) is 23.0. The fraction of sp³-hybridized carbons (Fsp3) is 0.113. The van der Waals surface area contributed by atoms with Crippen LogP contribution in [0.25, 0.3) is 0 Å². The molecule has 1 N–H and O–H groups in total. The maximum absolute atomic E-state index is 14.3. The van der Waals surface area contributed by atoms with Gasteiger partial charge >= 0.3 is 361 Å². The Bertz CT molecular complexity index is 2680. The summed E-state index contributed by atoms with van der Waals surface area (Å²) in [5.74, 6) is -0.272. The van der Waals surface area contributed by atoms with Crippen molar-refractivity contribution in [2.45, 2.75) is 30.1 Å². The molecular weight excluding hydrogens is 806 g/mol. The van der Waals surface area contributed by atoms with Crippen molar-refractivity contribution in [3.8, 4) is 0 Å². The molecule has 10 heteroatoms. The molecule has 0 bridgehead atoms. The van der Waals surface area contributed by atoms with Gasteiger partial charge < -0.3 is 0 Å². The van der Waals surface area contributed by atoms with Gasteiger partial charge in [-0.2, -0.15) is 0 Å². The molecule has 9 nitrogen and oxygen atoms in total. The Hall–Kier alpha value is -6.84. The number of hydrogen-bond acceptors (Lipinski definition) is 7. The van der Waals surface area contributed by atoms with E-state index in [-0.39, 0.29) is 18.3 Å². The fourth-order valence-electron chi connectivity index (χ4n) is 9.13. The van der Waals surface area contributed by atoms with Gasteiger partial charge in [-0.1, -0.05) is 6.07 Å². The van der Waals surface area contributed by atoms with E-state index in [9.17, 15) is 9.59 Å². The van der Waals surface area contributed by atoms with Gasteiger partial charge in [0.05, 0.1) is 0 Å². The third kappa shape index (κ3) is 6.91. The second kappa shape index (κ2) is 16.8. The van der Waals surface area contributed by atoms with Gasteiger partial charge in [0.15, 0.2) is 0 Å². The zero-order valence-electron chi connectivity index (χ0n) is 34.2. The molecule has 3 heterocycles. The molecule has 2 aliphatic heterocycles. The average Bonchev–Trinajstić information content (AvgIpc) is 3.89. The van der Waals surface area contributed by atoms with E-state index >= 15 is 0 Å². The van der Waals surface area contributed by atoms with Gasteiger partial charge in [0, 0.05) is 0 Å². The molecule has 4 atom stereocenters. The minimum absolute atomic E-state index is 0.0397. The van der Waals surface area contributed by atoms with Crippen LogP contribution >= 0.6 is 7.06 Å². The van der Waals surface area contributed by atoms with E-state index in [0.29, 0.717) is 5.56 Å². The molecule has 63 heavy (non-hydrogen) atoms. The molecule has 2 saturated heterocycles. The molecule has 2 aliphatic rings. The molecule has 8 aromatic rings. The van der Waals surface area contributed by atoms with Crippen LogP contribution in [0, 0.1) is 0 Å². The molecule has 0 aliphatic carbocycles. The summed E-state index contributed by atoms with van der Waals surface area (Å²) in [5, 5.41) is 5.36. The summed E-state index contributed by atoms with van der Waals surface area (Å²) in [7, 11) is -4.34. The van der Waals surface area contributed by atoms with Crippen LogP contribution in [0.2, 0.25) is 0 Å². The number of anilines is 1. The van der Waals surface area contributed by atoms with E-state index < -0.39 is 42.9 Å². The Balaban J connectivity index is 1.12. The number of carbonyl (C=O) groups excluding carboxylic acids is 1. The summed E-state index contributed by atoms with van der Waals surface area (Å²) < 4.78 is 31.5. The number of carbonyl (C=O) groups is 1. The number of ether oxygens (including phenoxy) is 2. The van der Waals surface area contributed by atoms with Gasteiger partial charge in [0.1, 0.15) is 0 Å². The van der Waals surface area contributed by atoms with Crippen molar-refractivity contribution in [1.29, 1.82) is 0 Å². The van der Waals surface area contributed by atoms with Crippen LogP contribution < -0.4 is 26.9 Å². The summed E-state index contributed by atoms with van der Waals surface area (Å²) in [4.78, 5) is 31.7. The van der Waals surface area contributed by atoms with Crippen LogP contribution in [-0.4, -0.2) is 40.4 Å². The Morgan fingerprint density at radius 1 is 0.571 bits per heavy atom. The minimum atomic E-state index is -4.34. The third-order valence-electron chi connectivity index (χ3n) is 12.0. The number of hydrogen-bond donors (Lipinski definition) is 1. The van der Waals surface area contributed by atoms with Crippen molar-refractivity contribution in [2.75, 3.05) is 11.9 Å². The molecular formula is C53H44N3O6P. The van der Waals surface area contributed by atoms with Gasteiger partial charge in [-0.05, 0) is 0 Å². The van der Waals surface area contributed by atoms with E-state index in [0.717, 1.165) is 32.6 Å². The second-order valence-electron chi connectivity index (χ2n) is 15.6. The van der Waals surface area contributed by atoms with E-state index in [1.165, 1.54) is 4.57 Å². The monoisotopic (exact) mass is 849 g/mol. The molecule has 2 fully saturated rings. The molecule has 1 aromatic heterocycles.